The van der Waals surface area contributed by atoms with Crippen molar-refractivity contribution in [3.05, 3.63) is 22.2 Å². The van der Waals surface area contributed by atoms with Crippen molar-refractivity contribution in [2.24, 2.45) is 0 Å². The number of nitrogens with zero attached hydrogens (tertiary/aromatic N) is 3. The second-order valence-corrected chi connectivity index (χ2v) is 3.94. The number of carbonyl (C=O) groups is 1. The molecule has 7 nitrogen and oxygen atoms in total. The van der Waals surface area contributed by atoms with Crippen LogP contribution in [0, 0.1) is 10.1 Å². The number of pyridine rings is 1. The number of anilines is 1. The molecular weight excluding hydrogens is 238 g/mol. The zero-order chi connectivity index (χ0) is 13.1. The Bertz CT molecular complexity index is 489. The van der Waals surface area contributed by atoms with Crippen LogP contribution in [-0.2, 0) is 4.79 Å². The molecule has 1 aromatic heterocycles. The van der Waals surface area contributed by atoms with Gasteiger partial charge in [0.1, 0.15) is 0 Å². The Morgan fingerprint density at radius 1 is 1.56 bits per heavy atom. The van der Waals surface area contributed by atoms with E-state index in [9.17, 15) is 14.9 Å². The normalized spacial score (nSPS) is 14.1. The molecule has 0 N–H and O–H groups in total. The molecule has 96 valence electrons. The van der Waals surface area contributed by atoms with Crippen molar-refractivity contribution in [2.75, 3.05) is 18.1 Å². The molecule has 0 unspecified atom stereocenters. The first kappa shape index (κ1) is 12.3. The van der Waals surface area contributed by atoms with Crippen LogP contribution in [0.15, 0.2) is 12.1 Å². The summed E-state index contributed by atoms with van der Waals surface area (Å²) in [5.41, 5.74) is 0. The van der Waals surface area contributed by atoms with Crippen LogP contribution in [0.5, 0.6) is 5.75 Å². The van der Waals surface area contributed by atoms with Crippen LogP contribution in [0.25, 0.3) is 0 Å². The van der Waals surface area contributed by atoms with Gasteiger partial charge in [0, 0.05) is 12.6 Å². The highest BCUT2D eigenvalue weighted by Gasteiger charge is 2.31. The van der Waals surface area contributed by atoms with Gasteiger partial charge in [0.2, 0.25) is 0 Å². The standard InChI is InChI=1S/C11H13N3O4/c1-2-3-6-13-10(15)7-18-8-4-5-9(14(16)17)12-11(8)13/h4-5H,2-3,6-7H2,1H3. The van der Waals surface area contributed by atoms with E-state index in [1.807, 2.05) is 6.92 Å². The van der Waals surface area contributed by atoms with Crippen molar-refractivity contribution in [3.8, 4) is 5.75 Å². The molecule has 0 bridgehead atoms. The fourth-order valence-electron chi connectivity index (χ4n) is 1.72. The molecule has 0 fully saturated rings. The van der Waals surface area contributed by atoms with Crippen LogP contribution in [-0.4, -0.2) is 29.0 Å². The molecule has 0 spiro atoms. The molecule has 18 heavy (non-hydrogen) atoms. The lowest BCUT2D eigenvalue weighted by molar-refractivity contribution is -0.389. The molecule has 0 saturated carbocycles. The minimum absolute atomic E-state index is 0.0454. The average Bonchev–Trinajstić information content (AvgIpc) is 2.37. The Balaban J connectivity index is 2.36. The van der Waals surface area contributed by atoms with E-state index in [1.165, 1.54) is 17.0 Å². The lowest BCUT2D eigenvalue weighted by Gasteiger charge is -2.25. The summed E-state index contributed by atoms with van der Waals surface area (Å²) in [6.45, 7) is 2.46. The Kier molecular flexibility index (Phi) is 3.40. The molecule has 1 aromatic rings. The Labute approximate surface area is 104 Å². The number of amides is 1. The zero-order valence-electron chi connectivity index (χ0n) is 9.96. The van der Waals surface area contributed by atoms with E-state index in [4.69, 9.17) is 4.74 Å². The second kappa shape index (κ2) is 4.99. The second-order valence-electron chi connectivity index (χ2n) is 3.94. The van der Waals surface area contributed by atoms with Gasteiger partial charge in [-0.25, -0.2) is 0 Å². The molecule has 0 aromatic carbocycles. The summed E-state index contributed by atoms with van der Waals surface area (Å²) in [7, 11) is 0. The third-order valence-corrected chi connectivity index (χ3v) is 2.65. The van der Waals surface area contributed by atoms with Crippen molar-refractivity contribution < 1.29 is 14.5 Å². The number of hydrogen-bond acceptors (Lipinski definition) is 5. The first-order valence-corrected chi connectivity index (χ1v) is 5.72. The van der Waals surface area contributed by atoms with E-state index < -0.39 is 4.92 Å². The number of nitro groups is 1. The van der Waals surface area contributed by atoms with Crippen LogP contribution < -0.4 is 9.64 Å². The maximum Gasteiger partial charge on any atom is 0.366 e. The number of carbonyl (C=O) groups excluding carboxylic acids is 1. The van der Waals surface area contributed by atoms with Crippen LogP contribution in [0.1, 0.15) is 19.8 Å². The number of fused-ring (bicyclic) bond motifs is 1. The largest absolute Gasteiger partial charge is 0.477 e. The maximum absolute atomic E-state index is 11.7. The minimum Gasteiger partial charge on any atom is -0.477 e. The van der Waals surface area contributed by atoms with Gasteiger partial charge < -0.3 is 14.9 Å². The van der Waals surface area contributed by atoms with Gasteiger partial charge >= 0.3 is 5.82 Å². The predicted molar refractivity (Wildman–Crippen MR) is 63.6 cm³/mol. The van der Waals surface area contributed by atoms with E-state index in [2.05, 4.69) is 4.98 Å². The monoisotopic (exact) mass is 251 g/mol. The number of aromatic nitrogens is 1. The molecule has 7 heteroatoms. The van der Waals surface area contributed by atoms with Crippen molar-refractivity contribution >= 4 is 17.5 Å². The Hall–Kier alpha value is -2.18. The number of hydrogen-bond donors (Lipinski definition) is 0. The van der Waals surface area contributed by atoms with Gasteiger partial charge in [0.25, 0.3) is 11.7 Å². The predicted octanol–water partition coefficient (Wildman–Crippen LogP) is 1.52. The van der Waals surface area contributed by atoms with Gasteiger partial charge in [0.05, 0.1) is 0 Å². The number of rotatable bonds is 4. The SMILES string of the molecule is CCCCN1C(=O)COc2ccc([N+](=O)[O-])nc21. The van der Waals surface area contributed by atoms with Gasteiger partial charge in [-0.3, -0.25) is 9.69 Å². The van der Waals surface area contributed by atoms with Crippen LogP contribution >= 0.6 is 0 Å². The lowest BCUT2D eigenvalue weighted by atomic mass is 10.2. The fraction of sp³-hybridized carbons (Fsp3) is 0.455. The summed E-state index contributed by atoms with van der Waals surface area (Å²) in [5, 5.41) is 10.7. The van der Waals surface area contributed by atoms with Crippen LogP contribution in [0.4, 0.5) is 11.6 Å². The van der Waals surface area contributed by atoms with E-state index in [0.717, 1.165) is 12.8 Å². The van der Waals surface area contributed by atoms with Crippen molar-refractivity contribution in [1.29, 1.82) is 0 Å². The Morgan fingerprint density at radius 2 is 2.33 bits per heavy atom. The average molecular weight is 251 g/mol. The third kappa shape index (κ3) is 2.24. The van der Waals surface area contributed by atoms with Crippen molar-refractivity contribution in [3.63, 3.8) is 0 Å². The zero-order valence-corrected chi connectivity index (χ0v) is 9.96. The van der Waals surface area contributed by atoms with Crippen molar-refractivity contribution in [1.82, 2.24) is 4.98 Å². The summed E-state index contributed by atoms with van der Waals surface area (Å²) in [6, 6.07) is 2.75. The summed E-state index contributed by atoms with van der Waals surface area (Å²) >= 11 is 0. The topological polar surface area (TPSA) is 85.6 Å². The minimum atomic E-state index is -0.586. The molecule has 1 aliphatic rings. The van der Waals surface area contributed by atoms with Gasteiger partial charge in [-0.05, 0) is 22.4 Å². The molecule has 1 aliphatic heterocycles. The fourth-order valence-corrected chi connectivity index (χ4v) is 1.72. The molecule has 0 aliphatic carbocycles. The van der Waals surface area contributed by atoms with Crippen LogP contribution in [0.3, 0.4) is 0 Å². The number of ether oxygens (including phenoxy) is 1. The molecule has 1 amide bonds. The quantitative estimate of drug-likeness (QED) is 0.598. The van der Waals surface area contributed by atoms with Gasteiger partial charge in [-0.2, -0.15) is 0 Å². The summed E-state index contributed by atoms with van der Waals surface area (Å²) in [4.78, 5) is 27.2. The van der Waals surface area contributed by atoms with E-state index in [1.54, 1.807) is 0 Å². The summed E-state index contributed by atoms with van der Waals surface area (Å²) in [5.74, 6) is 0.155. The molecule has 0 radical (unpaired) electrons. The first-order valence-electron chi connectivity index (χ1n) is 5.72. The number of unbranched alkanes of at least 4 members (excludes halogenated alkanes) is 1. The van der Waals surface area contributed by atoms with Gasteiger partial charge in [-0.15, -0.1) is 0 Å². The highest BCUT2D eigenvalue weighted by molar-refractivity contribution is 5.96. The third-order valence-electron chi connectivity index (χ3n) is 2.65. The van der Waals surface area contributed by atoms with Crippen molar-refractivity contribution in [2.45, 2.75) is 19.8 Å². The highest BCUT2D eigenvalue weighted by atomic mass is 16.6. The summed E-state index contributed by atoms with van der Waals surface area (Å²) < 4.78 is 5.20. The van der Waals surface area contributed by atoms with Gasteiger partial charge in [0.15, 0.2) is 12.4 Å². The van der Waals surface area contributed by atoms with E-state index >= 15 is 0 Å². The molecule has 2 heterocycles. The van der Waals surface area contributed by atoms with Crippen LogP contribution in [0.2, 0.25) is 0 Å². The van der Waals surface area contributed by atoms with E-state index in [-0.39, 0.29) is 24.1 Å². The van der Waals surface area contributed by atoms with E-state index in [0.29, 0.717) is 12.3 Å². The summed E-state index contributed by atoms with van der Waals surface area (Å²) in [6.07, 6.45) is 1.74. The molecule has 0 saturated heterocycles. The molecular formula is C11H13N3O4. The molecule has 2 rings (SSSR count). The first-order chi connectivity index (χ1) is 8.63. The maximum atomic E-state index is 11.7. The highest BCUT2D eigenvalue weighted by Crippen LogP contribution is 2.31. The lowest BCUT2D eigenvalue weighted by Crippen LogP contribution is -2.40. The smallest absolute Gasteiger partial charge is 0.366 e. The van der Waals surface area contributed by atoms with Gasteiger partial charge in [-0.1, -0.05) is 13.3 Å². The Morgan fingerprint density at radius 3 is 3.00 bits per heavy atom. The molecule has 0 atom stereocenters.